The third-order valence-corrected chi connectivity index (χ3v) is 7.67. The Labute approximate surface area is 206 Å². The molecule has 2 heterocycles. The van der Waals surface area contributed by atoms with Crippen LogP contribution in [0.15, 0.2) is 18.3 Å². The highest BCUT2D eigenvalue weighted by Gasteiger charge is 2.52. The minimum Gasteiger partial charge on any atom is -0.490 e. The number of fused-ring (bicyclic) bond motifs is 2. The van der Waals surface area contributed by atoms with Gasteiger partial charge < -0.3 is 20.5 Å². The van der Waals surface area contributed by atoms with Gasteiger partial charge in [-0.3, -0.25) is 9.59 Å². The van der Waals surface area contributed by atoms with Crippen LogP contribution >= 0.6 is 0 Å². The first-order valence-electron chi connectivity index (χ1n) is 12.6. The molecule has 1 aliphatic heterocycles. The van der Waals surface area contributed by atoms with Gasteiger partial charge in [0.25, 0.3) is 5.91 Å². The average Bonchev–Trinajstić information content (AvgIpc) is 3.31. The van der Waals surface area contributed by atoms with Crippen LogP contribution in [-0.2, 0) is 4.79 Å². The zero-order valence-corrected chi connectivity index (χ0v) is 20.6. The van der Waals surface area contributed by atoms with Crippen molar-refractivity contribution in [2.45, 2.75) is 71.4 Å². The SMILES string of the molecule is CC(C)Oc1cc2c(OC[C@@H]3CCC(=O)N3)ncc(C#C[C@@H]3CC[C@]4(C)CC4C3)c2cc1C(N)=O. The van der Waals surface area contributed by atoms with Gasteiger partial charge in [-0.15, -0.1) is 0 Å². The average molecular weight is 476 g/mol. The number of carbonyl (C=O) groups is 2. The van der Waals surface area contributed by atoms with Crippen LogP contribution in [0.5, 0.6) is 11.6 Å². The van der Waals surface area contributed by atoms with E-state index in [2.05, 4.69) is 29.1 Å². The second-order valence-electron chi connectivity index (χ2n) is 10.8. The summed E-state index contributed by atoms with van der Waals surface area (Å²) in [6.07, 6.45) is 7.64. The van der Waals surface area contributed by atoms with E-state index in [4.69, 9.17) is 15.2 Å². The molecule has 2 aromatic rings. The van der Waals surface area contributed by atoms with E-state index in [0.717, 1.165) is 36.1 Å². The lowest BCUT2D eigenvalue weighted by atomic mass is 9.83. The Hall–Kier alpha value is -3.27. The van der Waals surface area contributed by atoms with Crippen LogP contribution < -0.4 is 20.5 Å². The maximum atomic E-state index is 12.3. The number of nitrogens with two attached hydrogens (primary N) is 1. The van der Waals surface area contributed by atoms with Crippen molar-refractivity contribution in [2.24, 2.45) is 23.0 Å². The molecule has 2 amide bonds. The molecule has 0 radical (unpaired) electrons. The van der Waals surface area contributed by atoms with Crippen molar-refractivity contribution >= 4 is 22.6 Å². The van der Waals surface area contributed by atoms with Gasteiger partial charge in [-0.05, 0) is 69.4 Å². The largest absolute Gasteiger partial charge is 0.490 e. The molecule has 0 bridgehead atoms. The van der Waals surface area contributed by atoms with E-state index in [-0.39, 0.29) is 18.1 Å². The van der Waals surface area contributed by atoms with Crippen LogP contribution in [0.2, 0.25) is 0 Å². The van der Waals surface area contributed by atoms with Crippen LogP contribution in [0, 0.1) is 29.1 Å². The number of ether oxygens (including phenoxy) is 2. The zero-order chi connectivity index (χ0) is 24.7. The standard InChI is InChI=1S/C28H33N3O4/c1-16(2)35-24-12-22-21(11-23(24)26(29)33)18(5-4-17-8-9-28(3)13-19(28)10-17)14-30-27(22)34-15-20-6-7-25(32)31-20/h11-12,14,16-17,19-20H,6-10,13,15H2,1-3H3,(H2,29,33)(H,31,32)/t17-,19?,20+,28-/m1/s1. The molecule has 4 atom stereocenters. The number of hydrogen-bond acceptors (Lipinski definition) is 5. The van der Waals surface area contributed by atoms with Crippen molar-refractivity contribution in [3.05, 3.63) is 29.5 Å². The molecule has 5 rings (SSSR count). The van der Waals surface area contributed by atoms with Gasteiger partial charge in [0.2, 0.25) is 11.8 Å². The normalized spacial score (nSPS) is 27.1. The summed E-state index contributed by atoms with van der Waals surface area (Å²) in [6.45, 7) is 6.49. The third kappa shape index (κ3) is 4.93. The number of carbonyl (C=O) groups excluding carboxylic acids is 2. The molecule has 2 saturated carbocycles. The summed E-state index contributed by atoms with van der Waals surface area (Å²) in [5, 5.41) is 4.38. The minimum absolute atomic E-state index is 0.0370. The Kier molecular flexibility index (Phi) is 6.08. The maximum absolute atomic E-state index is 12.3. The molecular formula is C28H33N3O4. The van der Waals surface area contributed by atoms with E-state index in [0.29, 0.717) is 46.9 Å². The quantitative estimate of drug-likeness (QED) is 0.616. The first-order valence-corrected chi connectivity index (χ1v) is 12.6. The van der Waals surface area contributed by atoms with Crippen LogP contribution in [-0.4, -0.2) is 35.6 Å². The molecule has 35 heavy (non-hydrogen) atoms. The van der Waals surface area contributed by atoms with E-state index in [1.165, 1.54) is 12.8 Å². The molecular weight excluding hydrogens is 442 g/mol. The predicted octanol–water partition coefficient (Wildman–Crippen LogP) is 3.96. The molecule has 1 unspecified atom stereocenters. The van der Waals surface area contributed by atoms with Crippen LogP contribution in [0.1, 0.15) is 75.2 Å². The number of amides is 2. The van der Waals surface area contributed by atoms with E-state index in [1.807, 2.05) is 13.8 Å². The fourth-order valence-corrected chi connectivity index (χ4v) is 5.44. The second kappa shape index (κ2) is 9.07. The number of nitrogens with one attached hydrogen (secondary N) is 1. The van der Waals surface area contributed by atoms with Crippen molar-refractivity contribution in [3.8, 4) is 23.5 Å². The molecule has 7 heteroatoms. The predicted molar refractivity (Wildman–Crippen MR) is 133 cm³/mol. The second-order valence-corrected chi connectivity index (χ2v) is 10.8. The summed E-state index contributed by atoms with van der Waals surface area (Å²) in [5.74, 6) is 8.29. The summed E-state index contributed by atoms with van der Waals surface area (Å²) in [5.41, 5.74) is 7.30. The molecule has 7 nitrogen and oxygen atoms in total. The Morgan fingerprint density at radius 3 is 2.83 bits per heavy atom. The summed E-state index contributed by atoms with van der Waals surface area (Å²) in [6, 6.07) is 3.46. The van der Waals surface area contributed by atoms with E-state index in [1.54, 1.807) is 18.3 Å². The van der Waals surface area contributed by atoms with Gasteiger partial charge >= 0.3 is 0 Å². The van der Waals surface area contributed by atoms with Crippen molar-refractivity contribution in [3.63, 3.8) is 0 Å². The van der Waals surface area contributed by atoms with Gasteiger partial charge in [0.05, 0.1) is 23.3 Å². The lowest BCUT2D eigenvalue weighted by molar-refractivity contribution is -0.119. The van der Waals surface area contributed by atoms with Crippen LogP contribution in [0.4, 0.5) is 0 Å². The minimum atomic E-state index is -0.560. The molecule has 3 fully saturated rings. The number of aromatic nitrogens is 1. The van der Waals surface area contributed by atoms with Gasteiger partial charge in [0.15, 0.2) is 0 Å². The monoisotopic (exact) mass is 475 g/mol. The molecule has 1 aromatic heterocycles. The molecule has 3 N–H and O–H groups in total. The van der Waals surface area contributed by atoms with Crippen molar-refractivity contribution in [1.82, 2.24) is 10.3 Å². The summed E-state index contributed by atoms with van der Waals surface area (Å²) < 4.78 is 12.0. The van der Waals surface area contributed by atoms with Gasteiger partial charge in [0.1, 0.15) is 12.4 Å². The summed E-state index contributed by atoms with van der Waals surface area (Å²) >= 11 is 0. The van der Waals surface area contributed by atoms with Crippen molar-refractivity contribution < 1.29 is 19.1 Å². The van der Waals surface area contributed by atoms with Gasteiger partial charge in [-0.1, -0.05) is 18.8 Å². The molecule has 1 saturated heterocycles. The number of pyridine rings is 1. The van der Waals surface area contributed by atoms with Gasteiger partial charge in [-0.25, -0.2) is 4.98 Å². The van der Waals surface area contributed by atoms with Crippen LogP contribution in [0.25, 0.3) is 10.8 Å². The maximum Gasteiger partial charge on any atom is 0.252 e. The smallest absolute Gasteiger partial charge is 0.252 e. The van der Waals surface area contributed by atoms with Gasteiger partial charge in [-0.2, -0.15) is 0 Å². The number of nitrogens with zero attached hydrogens (tertiary/aromatic N) is 1. The molecule has 0 spiro atoms. The lowest BCUT2D eigenvalue weighted by Gasteiger charge is -2.21. The highest BCUT2D eigenvalue weighted by Crippen LogP contribution is 2.62. The molecule has 2 aliphatic carbocycles. The first-order chi connectivity index (χ1) is 16.7. The molecule has 184 valence electrons. The lowest BCUT2D eigenvalue weighted by Crippen LogP contribution is -2.31. The number of rotatable bonds is 6. The summed E-state index contributed by atoms with van der Waals surface area (Å²) in [4.78, 5) is 28.4. The fraction of sp³-hybridized carbons (Fsp3) is 0.536. The Morgan fingerprint density at radius 1 is 1.31 bits per heavy atom. The third-order valence-electron chi connectivity index (χ3n) is 7.67. The Bertz CT molecular complexity index is 1240. The number of primary amides is 1. The zero-order valence-electron chi connectivity index (χ0n) is 20.6. The topological polar surface area (TPSA) is 104 Å². The highest BCUT2D eigenvalue weighted by atomic mass is 16.5. The number of benzene rings is 1. The van der Waals surface area contributed by atoms with E-state index in [9.17, 15) is 9.59 Å². The Balaban J connectivity index is 1.50. The first kappa shape index (κ1) is 23.5. The fourth-order valence-electron chi connectivity index (χ4n) is 5.44. The summed E-state index contributed by atoms with van der Waals surface area (Å²) in [7, 11) is 0. The van der Waals surface area contributed by atoms with Crippen molar-refractivity contribution in [2.75, 3.05) is 6.61 Å². The molecule has 1 aromatic carbocycles. The highest BCUT2D eigenvalue weighted by molar-refractivity contribution is 6.03. The van der Waals surface area contributed by atoms with Crippen molar-refractivity contribution in [1.29, 1.82) is 0 Å². The number of hydrogen-bond donors (Lipinski definition) is 2. The van der Waals surface area contributed by atoms with Crippen LogP contribution in [0.3, 0.4) is 0 Å². The van der Waals surface area contributed by atoms with Gasteiger partial charge in [0, 0.05) is 29.3 Å². The molecule has 3 aliphatic rings. The Morgan fingerprint density at radius 2 is 2.14 bits per heavy atom. The van der Waals surface area contributed by atoms with E-state index < -0.39 is 5.91 Å². The van der Waals surface area contributed by atoms with E-state index >= 15 is 0 Å².